The number of aromatic nitrogens is 12. The van der Waals surface area contributed by atoms with Gasteiger partial charge in [0.15, 0.2) is 44.1 Å². The predicted molar refractivity (Wildman–Crippen MR) is 504 cm³/mol. The largest absolute Gasteiger partial charge is 0.295 e. The number of rotatable bonds is 11. The molecule has 21 rings (SSSR count). The quantitative estimate of drug-likeness (QED) is 0.121. The van der Waals surface area contributed by atoms with Gasteiger partial charge >= 0.3 is 0 Å². The van der Waals surface area contributed by atoms with Gasteiger partial charge in [-0.2, -0.15) is 18.3 Å². The van der Waals surface area contributed by atoms with Gasteiger partial charge < -0.3 is 0 Å². The summed E-state index contributed by atoms with van der Waals surface area (Å²) in [6.07, 6.45) is 0. The van der Waals surface area contributed by atoms with Gasteiger partial charge in [0.05, 0.1) is 113 Å². The normalized spacial score (nSPS) is 11.8. The van der Waals surface area contributed by atoms with E-state index in [4.69, 9.17) is 0 Å². The molecule has 0 amide bonds. The lowest BCUT2D eigenvalue weighted by Gasteiger charge is -2.18. The molecule has 13 aromatic carbocycles. The summed E-state index contributed by atoms with van der Waals surface area (Å²) >= 11 is 6.78. The monoisotopic (exact) mass is 1640 g/mol. The molecule has 0 spiro atoms. The number of hydrogen-bond donors (Lipinski definition) is 0. The maximum atomic E-state index is 4.54. The molecule has 8 heterocycles. The Labute approximate surface area is 716 Å². The maximum absolute atomic E-state index is 4.54. The van der Waals surface area contributed by atoms with E-state index in [-0.39, 0.29) is 5.41 Å². The minimum absolute atomic E-state index is 0.137. The fourth-order valence-electron chi connectivity index (χ4n) is 17.4. The highest BCUT2D eigenvalue weighted by Crippen LogP contribution is 2.42. The molecule has 0 radical (unpaired) electrons. The number of thiazole rings is 4. The minimum Gasteiger partial charge on any atom is -0.245 e. The Morgan fingerprint density at radius 1 is 0.300 bits per heavy atom. The van der Waals surface area contributed by atoms with E-state index < -0.39 is 0 Å². The average molecular weight is 1640 g/mol. The van der Waals surface area contributed by atoms with E-state index in [2.05, 4.69) is 434 Å². The second kappa shape index (κ2) is 32.2. The van der Waals surface area contributed by atoms with Crippen LogP contribution in [0.5, 0.6) is 0 Å². The number of hydrogen-bond acceptors (Lipinski definition) is 8. The van der Waals surface area contributed by atoms with Crippen LogP contribution in [0.3, 0.4) is 0 Å². The number of fused-ring (bicyclic) bond motifs is 8. The molecule has 8 aromatic heterocycles. The smallest absolute Gasteiger partial charge is 0.245 e. The van der Waals surface area contributed by atoms with Crippen LogP contribution in [0.25, 0.3) is 164 Å². The molecule has 0 fully saturated rings. The fraction of sp³-hybridized carbons (Fsp3) is 0.173. The maximum Gasteiger partial charge on any atom is 0.295 e. The number of para-hydroxylation sites is 11. The van der Waals surface area contributed by atoms with Gasteiger partial charge in [-0.3, -0.25) is 0 Å². The van der Waals surface area contributed by atoms with Crippen LogP contribution in [0, 0.1) is 27.7 Å². The molecule has 0 unspecified atom stereocenters. The third-order valence-electron chi connectivity index (χ3n) is 23.5. The first-order valence-corrected chi connectivity index (χ1v) is 44.5. The Balaban J connectivity index is 0.000000110. The highest BCUT2D eigenvalue weighted by atomic mass is 32.1. The Kier molecular flexibility index (Phi) is 21.1. The number of imidazole rings is 4. The first kappa shape index (κ1) is 78.5. The van der Waals surface area contributed by atoms with Crippen molar-refractivity contribution in [2.75, 3.05) is 0 Å². The lowest BCUT2D eigenvalue weighted by molar-refractivity contribution is -0.634. The second-order valence-corrected chi connectivity index (χ2v) is 36.4. The van der Waals surface area contributed by atoms with Crippen LogP contribution < -0.4 is 18.3 Å². The third-order valence-corrected chi connectivity index (χ3v) is 26.7. The average Bonchev–Trinajstić information content (AvgIpc) is 1.57. The molecule has 0 atom stereocenters. The van der Waals surface area contributed by atoms with Crippen molar-refractivity contribution in [3.05, 3.63) is 334 Å². The SMILES string of the molecule is Cc1cc2ncsc2cc1-c1n(-c2c(C(C)C)cccc2C(C)C)c2ccccc2[n+]1C.Cc1cc2ncsc2cc1-c1n(-c2ccc(C(C)(C)C)cc2)c2ccccc2[n+]1C.Cc1cc2ncsc2cc1-c1n(-c2ccccc2)c2ccccc2[n+]1C.Cc1cc2ncsc2cc1-c1n(-c2ccccc2-c2ccccc2)c2ccccc2[n+]1C. The van der Waals surface area contributed by atoms with Gasteiger partial charge in [0.2, 0.25) is 0 Å². The molecule has 0 saturated carbocycles. The van der Waals surface area contributed by atoms with Gasteiger partial charge in [0.1, 0.15) is 22.7 Å². The molecule has 21 aromatic rings. The molecule has 592 valence electrons. The van der Waals surface area contributed by atoms with Crippen LogP contribution in [0.15, 0.2) is 295 Å². The van der Waals surface area contributed by atoms with Crippen molar-refractivity contribution in [3.8, 4) is 79.4 Å². The molecular weight excluding hydrogens is 1550 g/mol. The van der Waals surface area contributed by atoms with Crippen molar-refractivity contribution in [2.24, 2.45) is 28.2 Å². The zero-order valence-corrected chi connectivity index (χ0v) is 73.7. The lowest BCUT2D eigenvalue weighted by Crippen LogP contribution is -2.30. The summed E-state index contributed by atoms with van der Waals surface area (Å²) < 4.78 is 23.8. The van der Waals surface area contributed by atoms with E-state index in [9.17, 15) is 0 Å². The lowest BCUT2D eigenvalue weighted by atomic mass is 9.87. The van der Waals surface area contributed by atoms with Gasteiger partial charge in [-0.15, -0.1) is 45.3 Å². The fourth-order valence-corrected chi connectivity index (χ4v) is 20.2. The molecule has 0 aliphatic carbocycles. The van der Waals surface area contributed by atoms with Crippen molar-refractivity contribution >= 4 is 130 Å². The summed E-state index contributed by atoms with van der Waals surface area (Å²) in [5.74, 6) is 5.61. The molecule has 120 heavy (non-hydrogen) atoms. The standard InChI is InChI=1S/C28H22N3S.C28H30N3S.C26H26N3S.C22H18N3S/c1-19-16-23-27(32-18-29-23)17-22(19)28-30(2)25-14-8-9-15-26(25)31(28)24-13-7-6-12-21(24)20-10-4-3-5-11-20;1-17(2)20-10-9-11-21(18(3)4)27(20)31-25-13-8-7-12-24(25)30(6)28(31)22-15-26-23(14-19(22)5)29-16-32-26;1-17-14-21-24(30-16-27-21)15-20(17)25-28(5)22-8-6-7-9-23(22)29(25)19-12-10-18(11-13-19)26(2,3)4;1-15-12-18-21(26-14-23-18)13-17(15)22-24(2)19-10-6-7-11-20(19)25(22)16-8-4-3-5-9-16/h3-18H,1-2H3;7-18H,1-6H3;6-16H,1-5H3;3-14H,1-2H3/q4*+1. The van der Waals surface area contributed by atoms with Gasteiger partial charge in [-0.05, 0) is 206 Å². The number of benzene rings is 13. The first-order chi connectivity index (χ1) is 58.2. The van der Waals surface area contributed by atoms with Crippen molar-refractivity contribution in [1.82, 2.24) is 38.2 Å². The summed E-state index contributed by atoms with van der Waals surface area (Å²) in [7, 11) is 8.66. The van der Waals surface area contributed by atoms with E-state index in [0.29, 0.717) is 11.8 Å². The Bertz CT molecular complexity index is 7410. The highest BCUT2D eigenvalue weighted by Gasteiger charge is 2.35. The van der Waals surface area contributed by atoms with E-state index >= 15 is 0 Å². The topological polar surface area (TPSA) is 86.8 Å². The Morgan fingerprint density at radius 3 is 0.983 bits per heavy atom. The van der Waals surface area contributed by atoms with Crippen LogP contribution >= 0.6 is 45.3 Å². The zero-order chi connectivity index (χ0) is 82.9. The van der Waals surface area contributed by atoms with Crippen molar-refractivity contribution < 1.29 is 18.3 Å². The summed E-state index contributed by atoms with van der Waals surface area (Å²) in [6, 6.07) is 98.2. The van der Waals surface area contributed by atoms with Crippen LogP contribution in [0.1, 0.15) is 99.2 Å². The third kappa shape index (κ3) is 14.2. The van der Waals surface area contributed by atoms with Gasteiger partial charge in [0, 0.05) is 16.7 Å². The van der Waals surface area contributed by atoms with Crippen LogP contribution in [0.4, 0.5) is 0 Å². The van der Waals surface area contributed by atoms with Gasteiger partial charge in [0.25, 0.3) is 23.3 Å². The van der Waals surface area contributed by atoms with Crippen molar-refractivity contribution in [3.63, 3.8) is 0 Å². The van der Waals surface area contributed by atoms with Gasteiger partial charge in [-0.1, -0.05) is 194 Å². The summed E-state index contributed by atoms with van der Waals surface area (Å²) in [5, 5.41) is 0. The summed E-state index contributed by atoms with van der Waals surface area (Å²) in [6.45, 7) is 24.7. The Morgan fingerprint density at radius 2 is 0.608 bits per heavy atom. The molecule has 0 aliphatic rings. The number of nitrogens with zero attached hydrogens (tertiary/aromatic N) is 12. The first-order valence-electron chi connectivity index (χ1n) is 41.0. The Hall–Kier alpha value is -12.7. The van der Waals surface area contributed by atoms with Crippen LogP contribution in [-0.4, -0.2) is 38.2 Å². The van der Waals surface area contributed by atoms with E-state index in [1.807, 2.05) is 22.0 Å². The van der Waals surface area contributed by atoms with Crippen LogP contribution in [0.2, 0.25) is 0 Å². The van der Waals surface area contributed by atoms with E-state index in [0.717, 1.165) is 22.1 Å². The minimum atomic E-state index is 0.137. The molecule has 0 saturated heterocycles. The molecular formula is C104H96N12S4+4. The molecule has 0 aliphatic heterocycles. The highest BCUT2D eigenvalue weighted by molar-refractivity contribution is 7.17. The van der Waals surface area contributed by atoms with E-state index in [1.54, 1.807) is 45.3 Å². The molecule has 12 nitrogen and oxygen atoms in total. The summed E-state index contributed by atoms with van der Waals surface area (Å²) in [5.41, 5.74) is 43.1. The van der Waals surface area contributed by atoms with Crippen LogP contribution in [-0.2, 0) is 33.6 Å². The predicted octanol–water partition coefficient (Wildman–Crippen LogP) is 25.4. The molecule has 0 N–H and O–H groups in total. The van der Waals surface area contributed by atoms with E-state index in [1.165, 1.54) is 181 Å². The van der Waals surface area contributed by atoms with Crippen molar-refractivity contribution in [2.45, 2.75) is 93.4 Å². The van der Waals surface area contributed by atoms with Gasteiger partial charge in [-0.25, -0.2) is 38.2 Å². The molecule has 16 heteroatoms. The zero-order valence-electron chi connectivity index (χ0n) is 70.4. The number of aryl methyl sites for hydroxylation is 8. The van der Waals surface area contributed by atoms with Crippen molar-refractivity contribution in [1.29, 1.82) is 0 Å². The molecule has 0 bridgehead atoms. The summed E-state index contributed by atoms with van der Waals surface area (Å²) in [4.78, 5) is 18.0. The second-order valence-electron chi connectivity index (χ2n) is 32.9.